The Morgan fingerprint density at radius 1 is 0.857 bits per heavy atom. The maximum Gasteiger partial charge on any atom is 0.345 e. The summed E-state index contributed by atoms with van der Waals surface area (Å²) < 4.78 is 6.73. The highest BCUT2D eigenvalue weighted by atomic mass is 32.1. The van der Waals surface area contributed by atoms with Crippen LogP contribution in [0.1, 0.15) is 10.4 Å². The maximum absolute atomic E-state index is 13.0. The number of para-hydroxylation sites is 2. The molecule has 0 saturated carbocycles. The van der Waals surface area contributed by atoms with Crippen molar-refractivity contribution in [3.05, 3.63) is 84.7 Å². The highest BCUT2D eigenvalue weighted by molar-refractivity contribution is 7.21. The Labute approximate surface area is 164 Å². The SMILES string of the molecule is O=C(Oc1cccc2cccnc12)c1cccnc1-c1nc2ccccc2s1. The minimum Gasteiger partial charge on any atom is -0.421 e. The quantitative estimate of drug-likeness (QED) is 0.319. The van der Waals surface area contributed by atoms with Crippen molar-refractivity contribution in [2.75, 3.05) is 0 Å². The number of ether oxygens (including phenoxy) is 1. The molecule has 5 rings (SSSR count). The van der Waals surface area contributed by atoms with E-state index in [0.717, 1.165) is 15.6 Å². The summed E-state index contributed by atoms with van der Waals surface area (Å²) in [4.78, 5) is 26.3. The van der Waals surface area contributed by atoms with E-state index in [1.54, 1.807) is 30.6 Å². The molecular formula is C22H13N3O2S. The number of pyridine rings is 2. The summed E-state index contributed by atoms with van der Waals surface area (Å²) >= 11 is 1.50. The van der Waals surface area contributed by atoms with Gasteiger partial charge in [0.05, 0.1) is 15.8 Å². The Bertz CT molecular complexity index is 1290. The van der Waals surface area contributed by atoms with Gasteiger partial charge in [-0.05, 0) is 36.4 Å². The molecule has 0 spiro atoms. The van der Waals surface area contributed by atoms with Crippen LogP contribution >= 0.6 is 11.3 Å². The molecule has 0 radical (unpaired) electrons. The van der Waals surface area contributed by atoms with Gasteiger partial charge in [-0.25, -0.2) is 9.78 Å². The Morgan fingerprint density at radius 2 is 1.68 bits per heavy atom. The van der Waals surface area contributed by atoms with Crippen molar-refractivity contribution in [3.8, 4) is 16.5 Å². The molecule has 2 aromatic carbocycles. The van der Waals surface area contributed by atoms with Crippen LogP contribution in [0.15, 0.2) is 79.1 Å². The number of fused-ring (bicyclic) bond motifs is 2. The first-order valence-electron chi connectivity index (χ1n) is 8.66. The molecule has 0 saturated heterocycles. The van der Waals surface area contributed by atoms with Crippen molar-refractivity contribution in [2.24, 2.45) is 0 Å². The molecule has 5 aromatic rings. The van der Waals surface area contributed by atoms with E-state index in [1.807, 2.05) is 48.5 Å². The van der Waals surface area contributed by atoms with Crippen LogP contribution in [0.5, 0.6) is 5.75 Å². The smallest absolute Gasteiger partial charge is 0.345 e. The lowest BCUT2D eigenvalue weighted by Crippen LogP contribution is -2.11. The molecule has 0 unspecified atom stereocenters. The Balaban J connectivity index is 1.55. The zero-order valence-electron chi connectivity index (χ0n) is 14.6. The van der Waals surface area contributed by atoms with Gasteiger partial charge in [-0.1, -0.05) is 30.3 Å². The van der Waals surface area contributed by atoms with E-state index in [1.165, 1.54) is 11.3 Å². The summed E-state index contributed by atoms with van der Waals surface area (Å²) in [6, 6.07) is 20.5. The van der Waals surface area contributed by atoms with Crippen LogP contribution in [0.25, 0.3) is 31.8 Å². The van der Waals surface area contributed by atoms with Gasteiger partial charge in [-0.15, -0.1) is 11.3 Å². The third-order valence-electron chi connectivity index (χ3n) is 4.32. The second-order valence-electron chi connectivity index (χ2n) is 6.11. The second-order valence-corrected chi connectivity index (χ2v) is 7.14. The van der Waals surface area contributed by atoms with E-state index in [9.17, 15) is 4.79 Å². The molecule has 134 valence electrons. The van der Waals surface area contributed by atoms with Crippen molar-refractivity contribution in [3.63, 3.8) is 0 Å². The van der Waals surface area contributed by atoms with Crippen LogP contribution in [0, 0.1) is 0 Å². The molecule has 0 fully saturated rings. The standard InChI is InChI=1S/C22H13N3O2S/c26-22(27-17-10-3-6-14-7-4-12-23-19(14)17)15-8-5-13-24-20(15)21-25-16-9-1-2-11-18(16)28-21/h1-13H. The molecule has 0 aliphatic rings. The van der Waals surface area contributed by atoms with Crippen molar-refractivity contribution in [2.45, 2.75) is 0 Å². The summed E-state index contributed by atoms with van der Waals surface area (Å²) in [5.41, 5.74) is 2.41. The van der Waals surface area contributed by atoms with Crippen molar-refractivity contribution in [1.82, 2.24) is 15.0 Å². The monoisotopic (exact) mass is 383 g/mol. The van der Waals surface area contributed by atoms with Crippen molar-refractivity contribution in [1.29, 1.82) is 0 Å². The number of aromatic nitrogens is 3. The molecule has 0 atom stereocenters. The molecule has 0 amide bonds. The van der Waals surface area contributed by atoms with Crippen molar-refractivity contribution >= 4 is 38.4 Å². The highest BCUT2D eigenvalue weighted by Crippen LogP contribution is 2.31. The minimum atomic E-state index is -0.486. The molecule has 0 aliphatic carbocycles. The Kier molecular flexibility index (Phi) is 4.03. The fraction of sp³-hybridized carbons (Fsp3) is 0. The molecule has 0 aliphatic heterocycles. The lowest BCUT2D eigenvalue weighted by atomic mass is 10.2. The number of hydrogen-bond donors (Lipinski definition) is 0. The third-order valence-corrected chi connectivity index (χ3v) is 5.37. The number of thiazole rings is 1. The number of esters is 1. The lowest BCUT2D eigenvalue weighted by Gasteiger charge is -2.08. The normalized spacial score (nSPS) is 11.0. The number of rotatable bonds is 3. The molecule has 28 heavy (non-hydrogen) atoms. The Morgan fingerprint density at radius 3 is 2.61 bits per heavy atom. The van der Waals surface area contributed by atoms with Crippen LogP contribution in [0.2, 0.25) is 0 Å². The second kappa shape index (κ2) is 6.83. The molecule has 3 heterocycles. The van der Waals surface area contributed by atoms with Gasteiger partial charge in [-0.2, -0.15) is 0 Å². The molecule has 3 aromatic heterocycles. The molecule has 5 nitrogen and oxygen atoms in total. The largest absolute Gasteiger partial charge is 0.421 e. The number of benzene rings is 2. The predicted octanol–water partition coefficient (Wildman–Crippen LogP) is 5.13. The Hall–Kier alpha value is -3.64. The van der Waals surface area contributed by atoms with E-state index in [-0.39, 0.29) is 0 Å². The topological polar surface area (TPSA) is 65.0 Å². The number of hydrogen-bond acceptors (Lipinski definition) is 6. The minimum absolute atomic E-state index is 0.370. The van der Waals surface area contributed by atoms with E-state index in [2.05, 4.69) is 15.0 Å². The average Bonchev–Trinajstić information content (AvgIpc) is 3.18. The van der Waals surface area contributed by atoms with Gasteiger partial charge in [0.25, 0.3) is 0 Å². The zero-order chi connectivity index (χ0) is 18.9. The van der Waals surface area contributed by atoms with E-state index >= 15 is 0 Å². The van der Waals surface area contributed by atoms with Crippen LogP contribution in [-0.2, 0) is 0 Å². The van der Waals surface area contributed by atoms with Gasteiger partial charge >= 0.3 is 5.97 Å². The summed E-state index contributed by atoms with van der Waals surface area (Å²) in [7, 11) is 0. The third kappa shape index (κ3) is 2.90. The maximum atomic E-state index is 13.0. The molecule has 6 heteroatoms. The molecule has 0 bridgehead atoms. The van der Waals surface area contributed by atoms with Crippen LogP contribution in [0.3, 0.4) is 0 Å². The average molecular weight is 383 g/mol. The fourth-order valence-corrected chi connectivity index (χ4v) is 4.00. The van der Waals surface area contributed by atoms with Gasteiger partial charge < -0.3 is 4.74 Å². The predicted molar refractivity (Wildman–Crippen MR) is 110 cm³/mol. The first kappa shape index (κ1) is 16.5. The van der Waals surface area contributed by atoms with Gasteiger partial charge in [0.15, 0.2) is 5.75 Å². The highest BCUT2D eigenvalue weighted by Gasteiger charge is 2.19. The first-order valence-corrected chi connectivity index (χ1v) is 9.48. The van der Waals surface area contributed by atoms with Crippen LogP contribution in [0.4, 0.5) is 0 Å². The lowest BCUT2D eigenvalue weighted by molar-refractivity contribution is 0.0737. The van der Waals surface area contributed by atoms with Crippen molar-refractivity contribution < 1.29 is 9.53 Å². The number of carbonyl (C=O) groups is 1. The fourth-order valence-electron chi connectivity index (χ4n) is 3.03. The summed E-state index contributed by atoms with van der Waals surface area (Å²) in [5.74, 6) is -0.0669. The summed E-state index contributed by atoms with van der Waals surface area (Å²) in [6.07, 6.45) is 3.33. The first-order chi connectivity index (χ1) is 13.8. The van der Waals surface area contributed by atoms with Crippen LogP contribution in [-0.4, -0.2) is 20.9 Å². The van der Waals surface area contributed by atoms with E-state index in [0.29, 0.717) is 27.5 Å². The van der Waals surface area contributed by atoms with E-state index < -0.39 is 5.97 Å². The molecule has 0 N–H and O–H groups in total. The van der Waals surface area contributed by atoms with E-state index in [4.69, 9.17) is 4.74 Å². The summed E-state index contributed by atoms with van der Waals surface area (Å²) in [6.45, 7) is 0. The summed E-state index contributed by atoms with van der Waals surface area (Å²) in [5, 5.41) is 1.59. The van der Waals surface area contributed by atoms with Crippen LogP contribution < -0.4 is 4.74 Å². The number of carbonyl (C=O) groups excluding carboxylic acids is 1. The molecular weight excluding hydrogens is 370 g/mol. The van der Waals surface area contributed by atoms with Gasteiger partial charge in [0.1, 0.15) is 16.2 Å². The van der Waals surface area contributed by atoms with Gasteiger partial charge in [-0.3, -0.25) is 9.97 Å². The zero-order valence-corrected chi connectivity index (χ0v) is 15.4. The van der Waals surface area contributed by atoms with Gasteiger partial charge in [0.2, 0.25) is 0 Å². The van der Waals surface area contributed by atoms with Gasteiger partial charge in [0, 0.05) is 17.8 Å². The number of nitrogens with zero attached hydrogens (tertiary/aromatic N) is 3.